The van der Waals surface area contributed by atoms with Gasteiger partial charge in [0, 0.05) is 35.1 Å². The smallest absolute Gasteiger partial charge is 0.269 e. The third kappa shape index (κ3) is 4.59. The van der Waals surface area contributed by atoms with Gasteiger partial charge in [-0.2, -0.15) is 0 Å². The molecule has 8 heteroatoms. The van der Waals surface area contributed by atoms with Gasteiger partial charge in [-0.05, 0) is 35.9 Å². The molecule has 0 atom stereocenters. The molecule has 0 saturated carbocycles. The van der Waals surface area contributed by atoms with Crippen LogP contribution in [0.3, 0.4) is 0 Å². The van der Waals surface area contributed by atoms with Gasteiger partial charge < -0.3 is 9.88 Å². The van der Waals surface area contributed by atoms with Gasteiger partial charge in [0.1, 0.15) is 0 Å². The summed E-state index contributed by atoms with van der Waals surface area (Å²) < 4.78 is 1.41. The van der Waals surface area contributed by atoms with Crippen LogP contribution in [0.4, 0.5) is 11.4 Å². The van der Waals surface area contributed by atoms with E-state index in [1.165, 1.54) is 47.2 Å². The second-order valence-corrected chi connectivity index (χ2v) is 6.21. The molecule has 136 valence electrons. The van der Waals surface area contributed by atoms with Crippen molar-refractivity contribution in [2.75, 3.05) is 5.32 Å². The molecule has 0 aliphatic carbocycles. The fraction of sp³-hybridized carbons (Fsp3) is 0.0526. The molecule has 0 aliphatic heterocycles. The van der Waals surface area contributed by atoms with E-state index in [0.717, 1.165) is 5.56 Å². The molecule has 3 aromatic rings. The number of nitro benzene ring substituents is 1. The van der Waals surface area contributed by atoms with Gasteiger partial charge in [0.05, 0.1) is 17.0 Å². The molecule has 0 spiro atoms. The number of halogens is 1. The van der Waals surface area contributed by atoms with E-state index in [9.17, 15) is 19.7 Å². The fourth-order valence-electron chi connectivity index (χ4n) is 2.49. The van der Waals surface area contributed by atoms with Gasteiger partial charge in [-0.25, -0.2) is 0 Å². The number of amides is 1. The van der Waals surface area contributed by atoms with Crippen molar-refractivity contribution in [3.05, 3.63) is 103 Å². The molecule has 7 nitrogen and oxygen atoms in total. The Balaban J connectivity index is 1.79. The Bertz CT molecular complexity index is 1060. The molecule has 0 radical (unpaired) electrons. The second kappa shape index (κ2) is 7.84. The largest absolute Gasteiger partial charge is 0.322 e. The van der Waals surface area contributed by atoms with E-state index in [1.807, 2.05) is 6.07 Å². The Morgan fingerprint density at radius 2 is 1.85 bits per heavy atom. The zero-order valence-electron chi connectivity index (χ0n) is 14.0. The summed E-state index contributed by atoms with van der Waals surface area (Å²) in [5.41, 5.74) is 1.22. The molecular formula is C19H14ClN3O4. The Morgan fingerprint density at radius 1 is 1.11 bits per heavy atom. The molecule has 1 N–H and O–H groups in total. The van der Waals surface area contributed by atoms with Crippen LogP contribution >= 0.6 is 11.6 Å². The molecule has 0 bridgehead atoms. The molecule has 1 amide bonds. The van der Waals surface area contributed by atoms with E-state index in [2.05, 4.69) is 5.32 Å². The van der Waals surface area contributed by atoms with Crippen molar-refractivity contribution < 1.29 is 9.72 Å². The van der Waals surface area contributed by atoms with E-state index in [4.69, 9.17) is 11.6 Å². The molecule has 0 aliphatic rings. The van der Waals surface area contributed by atoms with Crippen LogP contribution in [0.5, 0.6) is 0 Å². The van der Waals surface area contributed by atoms with Crippen LogP contribution in [0.15, 0.2) is 71.7 Å². The lowest BCUT2D eigenvalue weighted by molar-refractivity contribution is -0.384. The van der Waals surface area contributed by atoms with Crippen LogP contribution in [0.1, 0.15) is 15.9 Å². The van der Waals surface area contributed by atoms with Crippen molar-refractivity contribution in [3.8, 4) is 0 Å². The normalized spacial score (nSPS) is 10.4. The minimum atomic E-state index is -0.517. The number of rotatable bonds is 5. The van der Waals surface area contributed by atoms with Gasteiger partial charge in [0.15, 0.2) is 0 Å². The SMILES string of the molecule is O=C(Nc1ccc([N+](=O)[O-])cc1)c1ccc(=O)n(Cc2cccc(Cl)c2)c1. The fourth-order valence-corrected chi connectivity index (χ4v) is 2.70. The number of hydrogen-bond donors (Lipinski definition) is 1. The molecule has 1 aromatic heterocycles. The number of nitro groups is 1. The van der Waals surface area contributed by atoms with Crippen molar-refractivity contribution in [1.29, 1.82) is 0 Å². The van der Waals surface area contributed by atoms with Crippen molar-refractivity contribution in [1.82, 2.24) is 4.57 Å². The molecule has 3 rings (SSSR count). The number of aromatic nitrogens is 1. The third-order valence-corrected chi connectivity index (χ3v) is 4.06. The standard InChI is InChI=1S/C19H14ClN3O4/c20-15-3-1-2-13(10-15)11-22-12-14(4-9-18(22)24)19(25)21-16-5-7-17(8-6-16)23(26)27/h1-10,12H,11H2,(H,21,25). The zero-order valence-corrected chi connectivity index (χ0v) is 14.7. The van der Waals surface area contributed by atoms with Crippen LogP contribution in [0, 0.1) is 10.1 Å². The quantitative estimate of drug-likeness (QED) is 0.536. The number of anilines is 1. The average molecular weight is 384 g/mol. The number of pyridine rings is 1. The highest BCUT2D eigenvalue weighted by molar-refractivity contribution is 6.30. The Kier molecular flexibility index (Phi) is 5.33. The zero-order chi connectivity index (χ0) is 19.4. The van der Waals surface area contributed by atoms with Gasteiger partial charge in [0.2, 0.25) is 0 Å². The summed E-state index contributed by atoms with van der Waals surface area (Å²) >= 11 is 5.96. The molecule has 0 unspecified atom stereocenters. The highest BCUT2D eigenvalue weighted by atomic mass is 35.5. The first-order valence-electron chi connectivity index (χ1n) is 7.93. The first kappa shape index (κ1) is 18.3. The second-order valence-electron chi connectivity index (χ2n) is 5.77. The monoisotopic (exact) mass is 383 g/mol. The van der Waals surface area contributed by atoms with Gasteiger partial charge in [-0.15, -0.1) is 0 Å². The van der Waals surface area contributed by atoms with E-state index < -0.39 is 10.8 Å². The maximum absolute atomic E-state index is 12.4. The summed E-state index contributed by atoms with van der Waals surface area (Å²) in [7, 11) is 0. The lowest BCUT2D eigenvalue weighted by Crippen LogP contribution is -2.22. The minimum Gasteiger partial charge on any atom is -0.322 e. The lowest BCUT2D eigenvalue weighted by Gasteiger charge is -2.09. The number of nitrogens with one attached hydrogen (secondary N) is 1. The van der Waals surface area contributed by atoms with Crippen LogP contribution in [-0.2, 0) is 6.54 Å². The first-order valence-corrected chi connectivity index (χ1v) is 8.31. The lowest BCUT2D eigenvalue weighted by atomic mass is 10.2. The van der Waals surface area contributed by atoms with Gasteiger partial charge in [0.25, 0.3) is 17.2 Å². The molecule has 1 heterocycles. The highest BCUT2D eigenvalue weighted by Crippen LogP contribution is 2.16. The molecule has 0 fully saturated rings. The Morgan fingerprint density at radius 3 is 2.52 bits per heavy atom. The number of non-ortho nitro benzene ring substituents is 1. The number of carbonyl (C=O) groups is 1. The van der Waals surface area contributed by atoms with Crippen LogP contribution < -0.4 is 10.9 Å². The van der Waals surface area contributed by atoms with Gasteiger partial charge >= 0.3 is 0 Å². The molecule has 27 heavy (non-hydrogen) atoms. The Hall–Kier alpha value is -3.45. The van der Waals surface area contributed by atoms with Crippen LogP contribution in [-0.4, -0.2) is 15.4 Å². The van der Waals surface area contributed by atoms with E-state index in [-0.39, 0.29) is 23.4 Å². The summed E-state index contributed by atoms with van der Waals surface area (Å²) in [6.07, 6.45) is 1.46. The summed E-state index contributed by atoms with van der Waals surface area (Å²) in [5.74, 6) is -0.427. The predicted molar refractivity (Wildman–Crippen MR) is 102 cm³/mol. The highest BCUT2D eigenvalue weighted by Gasteiger charge is 2.10. The van der Waals surface area contributed by atoms with Crippen molar-refractivity contribution in [2.45, 2.75) is 6.54 Å². The molecule has 2 aromatic carbocycles. The summed E-state index contributed by atoms with van der Waals surface area (Å²) in [6.45, 7) is 0.276. The third-order valence-electron chi connectivity index (χ3n) is 3.82. The summed E-state index contributed by atoms with van der Waals surface area (Å²) in [5, 5.41) is 13.9. The molecule has 0 saturated heterocycles. The van der Waals surface area contributed by atoms with E-state index in [0.29, 0.717) is 10.7 Å². The summed E-state index contributed by atoms with van der Waals surface area (Å²) in [6, 6.07) is 15.3. The Labute approximate surface area is 159 Å². The van der Waals surface area contributed by atoms with Gasteiger partial charge in [-0.3, -0.25) is 19.7 Å². The maximum atomic E-state index is 12.4. The van der Waals surface area contributed by atoms with Crippen molar-refractivity contribution in [2.24, 2.45) is 0 Å². The number of nitrogens with zero attached hydrogens (tertiary/aromatic N) is 2. The minimum absolute atomic E-state index is 0.0666. The van der Waals surface area contributed by atoms with Crippen LogP contribution in [0.25, 0.3) is 0 Å². The topological polar surface area (TPSA) is 94.2 Å². The van der Waals surface area contributed by atoms with E-state index >= 15 is 0 Å². The number of benzene rings is 2. The van der Waals surface area contributed by atoms with Crippen molar-refractivity contribution in [3.63, 3.8) is 0 Å². The van der Waals surface area contributed by atoms with Crippen LogP contribution in [0.2, 0.25) is 5.02 Å². The maximum Gasteiger partial charge on any atom is 0.269 e. The number of carbonyl (C=O) groups excluding carboxylic acids is 1. The molecular weight excluding hydrogens is 370 g/mol. The predicted octanol–water partition coefficient (Wildman–Crippen LogP) is 3.71. The summed E-state index contributed by atoms with van der Waals surface area (Å²) in [4.78, 5) is 34.7. The van der Waals surface area contributed by atoms with Gasteiger partial charge in [-0.1, -0.05) is 23.7 Å². The number of hydrogen-bond acceptors (Lipinski definition) is 4. The van der Waals surface area contributed by atoms with E-state index in [1.54, 1.807) is 18.2 Å². The first-order chi connectivity index (χ1) is 12.9. The average Bonchev–Trinajstić information content (AvgIpc) is 2.64. The van der Waals surface area contributed by atoms with Crippen molar-refractivity contribution >= 4 is 28.9 Å².